The summed E-state index contributed by atoms with van der Waals surface area (Å²) >= 11 is 14.4. The SMILES string of the molecule is CCOc1cc(C=Nn2c(-c3cc4c(OC)cccc4o3)nc3ccccc3c2=O)cc(I)c1OCc1ccc(Cl)c(Cl)c1. The molecule has 0 saturated heterocycles. The van der Waals surface area contributed by atoms with Crippen LogP contribution in [-0.2, 0) is 6.61 Å². The molecule has 2 heterocycles. The molecule has 44 heavy (non-hydrogen) atoms. The largest absolute Gasteiger partial charge is 0.496 e. The van der Waals surface area contributed by atoms with Gasteiger partial charge in [-0.2, -0.15) is 9.78 Å². The fourth-order valence-corrected chi connectivity index (χ4v) is 5.79. The Morgan fingerprint density at radius 3 is 2.59 bits per heavy atom. The van der Waals surface area contributed by atoms with Crippen molar-refractivity contribution in [2.24, 2.45) is 5.10 Å². The van der Waals surface area contributed by atoms with Gasteiger partial charge in [0.2, 0.25) is 5.82 Å². The van der Waals surface area contributed by atoms with Crippen molar-refractivity contribution in [2.45, 2.75) is 13.5 Å². The summed E-state index contributed by atoms with van der Waals surface area (Å²) in [4.78, 5) is 18.5. The van der Waals surface area contributed by atoms with E-state index in [9.17, 15) is 4.79 Å². The number of para-hydroxylation sites is 1. The zero-order chi connectivity index (χ0) is 30.8. The van der Waals surface area contributed by atoms with Crippen LogP contribution in [-0.4, -0.2) is 29.6 Å². The predicted molar refractivity (Wildman–Crippen MR) is 182 cm³/mol. The van der Waals surface area contributed by atoms with Gasteiger partial charge in [-0.25, -0.2) is 4.98 Å². The summed E-state index contributed by atoms with van der Waals surface area (Å²) in [7, 11) is 1.59. The molecule has 0 radical (unpaired) electrons. The fraction of sp³-hybridized carbons (Fsp3) is 0.121. The minimum absolute atomic E-state index is 0.254. The molecule has 0 amide bonds. The smallest absolute Gasteiger partial charge is 0.282 e. The molecule has 2 aromatic heterocycles. The number of rotatable bonds is 9. The molecule has 6 rings (SSSR count). The summed E-state index contributed by atoms with van der Waals surface area (Å²) in [6.07, 6.45) is 1.58. The van der Waals surface area contributed by atoms with Crippen molar-refractivity contribution in [3.8, 4) is 28.8 Å². The number of furan rings is 1. The molecule has 0 unspecified atom stereocenters. The van der Waals surface area contributed by atoms with Crippen LogP contribution in [0.3, 0.4) is 0 Å². The van der Waals surface area contributed by atoms with Crippen LogP contribution in [0.2, 0.25) is 10.0 Å². The van der Waals surface area contributed by atoms with Gasteiger partial charge >= 0.3 is 0 Å². The maximum absolute atomic E-state index is 13.7. The van der Waals surface area contributed by atoms with Crippen LogP contribution < -0.4 is 19.8 Å². The standard InChI is InChI=1S/C33H24Cl2IN3O5/c1-3-42-29-15-20(14-25(36)31(29)43-18-19-11-12-23(34)24(35)13-19)17-37-39-32(38-26-8-5-4-7-21(26)33(39)40)30-16-22-27(41-2)9-6-10-28(22)44-30/h4-17H,3,18H2,1-2H3. The Morgan fingerprint density at radius 1 is 0.955 bits per heavy atom. The Kier molecular flexibility index (Phi) is 8.79. The second kappa shape index (κ2) is 12.9. The van der Waals surface area contributed by atoms with Crippen LogP contribution in [0.25, 0.3) is 33.5 Å². The summed E-state index contributed by atoms with van der Waals surface area (Å²) in [6, 6.07) is 23.5. The number of halogens is 3. The van der Waals surface area contributed by atoms with E-state index >= 15 is 0 Å². The molecule has 0 atom stereocenters. The van der Waals surface area contributed by atoms with E-state index < -0.39 is 0 Å². The van der Waals surface area contributed by atoms with E-state index in [1.807, 2.05) is 49.4 Å². The van der Waals surface area contributed by atoms with Crippen LogP contribution in [0.15, 0.2) is 93.2 Å². The molecule has 4 aromatic carbocycles. The Labute approximate surface area is 275 Å². The fourth-order valence-electron chi connectivity index (χ4n) is 4.69. The van der Waals surface area contributed by atoms with E-state index in [0.717, 1.165) is 14.5 Å². The topological polar surface area (TPSA) is 88.1 Å². The van der Waals surface area contributed by atoms with Gasteiger partial charge < -0.3 is 18.6 Å². The first-order chi connectivity index (χ1) is 21.4. The lowest BCUT2D eigenvalue weighted by molar-refractivity contribution is 0.267. The molecule has 0 aliphatic carbocycles. The van der Waals surface area contributed by atoms with E-state index in [4.69, 9.17) is 46.8 Å². The minimum atomic E-state index is -0.337. The lowest BCUT2D eigenvalue weighted by Gasteiger charge is -2.15. The molecule has 6 aromatic rings. The number of benzene rings is 4. The van der Waals surface area contributed by atoms with Crippen LogP contribution >= 0.6 is 45.8 Å². The molecule has 222 valence electrons. The minimum Gasteiger partial charge on any atom is -0.496 e. The third-order valence-electron chi connectivity index (χ3n) is 6.74. The number of hydrogen-bond acceptors (Lipinski definition) is 7. The number of hydrogen-bond donors (Lipinski definition) is 0. The zero-order valence-corrected chi connectivity index (χ0v) is 27.2. The van der Waals surface area contributed by atoms with Crippen LogP contribution in [0.1, 0.15) is 18.1 Å². The van der Waals surface area contributed by atoms with Gasteiger partial charge in [-0.1, -0.05) is 47.5 Å². The van der Waals surface area contributed by atoms with Crippen molar-refractivity contribution in [2.75, 3.05) is 13.7 Å². The monoisotopic (exact) mass is 739 g/mol. The van der Waals surface area contributed by atoms with Crippen molar-refractivity contribution in [1.29, 1.82) is 0 Å². The average Bonchev–Trinajstić information content (AvgIpc) is 3.46. The van der Waals surface area contributed by atoms with Crippen LogP contribution in [0, 0.1) is 3.57 Å². The number of nitrogens with zero attached hydrogens (tertiary/aromatic N) is 3. The van der Waals surface area contributed by atoms with Crippen LogP contribution in [0.4, 0.5) is 0 Å². The predicted octanol–water partition coefficient (Wildman–Crippen LogP) is 8.59. The molecular formula is C33H24Cl2IN3O5. The van der Waals surface area contributed by atoms with E-state index in [-0.39, 0.29) is 18.0 Å². The highest BCUT2D eigenvalue weighted by Gasteiger charge is 2.18. The summed E-state index contributed by atoms with van der Waals surface area (Å²) in [5, 5.41) is 6.72. The van der Waals surface area contributed by atoms with Crippen molar-refractivity contribution >= 4 is 73.9 Å². The molecule has 0 bridgehead atoms. The van der Waals surface area contributed by atoms with E-state index in [1.54, 1.807) is 49.7 Å². The molecule has 0 N–H and O–H groups in total. The Bertz CT molecular complexity index is 2110. The van der Waals surface area contributed by atoms with E-state index in [1.165, 1.54) is 4.68 Å². The van der Waals surface area contributed by atoms with Gasteiger partial charge in [0, 0.05) is 0 Å². The maximum Gasteiger partial charge on any atom is 0.282 e. The normalized spacial score (nSPS) is 11.5. The van der Waals surface area contributed by atoms with Gasteiger partial charge in [0.1, 0.15) is 17.9 Å². The first-order valence-corrected chi connectivity index (χ1v) is 15.4. The first-order valence-electron chi connectivity index (χ1n) is 13.5. The quantitative estimate of drug-likeness (QED) is 0.109. The lowest BCUT2D eigenvalue weighted by Crippen LogP contribution is -2.20. The number of aromatic nitrogens is 2. The van der Waals surface area contributed by atoms with Crippen LogP contribution in [0.5, 0.6) is 17.2 Å². The summed E-state index contributed by atoms with van der Waals surface area (Å²) in [5.74, 6) is 2.39. The highest BCUT2D eigenvalue weighted by atomic mass is 127. The Morgan fingerprint density at radius 2 is 1.80 bits per heavy atom. The highest BCUT2D eigenvalue weighted by Crippen LogP contribution is 2.36. The first kappa shape index (κ1) is 30.0. The molecule has 0 saturated carbocycles. The third kappa shape index (κ3) is 5.99. The second-order valence-corrected chi connectivity index (χ2v) is 11.6. The Balaban J connectivity index is 1.40. The third-order valence-corrected chi connectivity index (χ3v) is 8.28. The maximum atomic E-state index is 13.7. The number of methoxy groups -OCH3 is 1. The molecule has 0 aliphatic heterocycles. The number of fused-ring (bicyclic) bond motifs is 2. The summed E-state index contributed by atoms with van der Waals surface area (Å²) < 4.78 is 25.7. The summed E-state index contributed by atoms with van der Waals surface area (Å²) in [6.45, 7) is 2.59. The van der Waals surface area contributed by atoms with Gasteiger partial charge in [-0.05, 0) is 95.2 Å². The second-order valence-electron chi connectivity index (χ2n) is 9.60. The van der Waals surface area contributed by atoms with Crippen molar-refractivity contribution in [1.82, 2.24) is 9.66 Å². The molecule has 0 fully saturated rings. The molecule has 8 nitrogen and oxygen atoms in total. The number of ether oxygens (including phenoxy) is 3. The van der Waals surface area contributed by atoms with Gasteiger partial charge in [0.05, 0.1) is 49.8 Å². The van der Waals surface area contributed by atoms with E-state index in [2.05, 4.69) is 27.7 Å². The zero-order valence-electron chi connectivity index (χ0n) is 23.5. The molecular weight excluding hydrogens is 716 g/mol. The Hall–Kier alpha value is -4.06. The van der Waals surface area contributed by atoms with E-state index in [0.29, 0.717) is 61.7 Å². The average molecular weight is 740 g/mol. The molecule has 0 aliphatic rings. The highest BCUT2D eigenvalue weighted by molar-refractivity contribution is 14.1. The van der Waals surface area contributed by atoms with Gasteiger partial charge in [0.25, 0.3) is 5.56 Å². The van der Waals surface area contributed by atoms with Gasteiger partial charge in [0.15, 0.2) is 17.3 Å². The molecule has 0 spiro atoms. The van der Waals surface area contributed by atoms with Crippen molar-refractivity contribution in [3.05, 3.63) is 114 Å². The summed E-state index contributed by atoms with van der Waals surface area (Å²) in [5.41, 5.74) is 2.35. The lowest BCUT2D eigenvalue weighted by atomic mass is 10.2. The van der Waals surface area contributed by atoms with Crippen molar-refractivity contribution < 1.29 is 18.6 Å². The molecule has 11 heteroatoms. The van der Waals surface area contributed by atoms with Gasteiger partial charge in [-0.15, -0.1) is 0 Å². The van der Waals surface area contributed by atoms with Gasteiger partial charge in [-0.3, -0.25) is 4.79 Å². The van der Waals surface area contributed by atoms with Crippen molar-refractivity contribution in [3.63, 3.8) is 0 Å².